The minimum Gasteiger partial charge on any atom is -0.370 e. The predicted octanol–water partition coefficient (Wildman–Crippen LogP) is 1.87. The summed E-state index contributed by atoms with van der Waals surface area (Å²) in [4.78, 5) is 29.1. The Balaban J connectivity index is 2.52. The molecule has 1 N–H and O–H groups in total. The van der Waals surface area contributed by atoms with Crippen LogP contribution >= 0.6 is 0 Å². The largest absolute Gasteiger partial charge is 0.370 e. The summed E-state index contributed by atoms with van der Waals surface area (Å²) in [5.41, 5.74) is -1.56. The van der Waals surface area contributed by atoms with E-state index in [4.69, 9.17) is 0 Å². The number of hydrogen-bond acceptors (Lipinski definition) is 3. The highest BCUT2D eigenvalue weighted by atomic mass is 16.3. The van der Waals surface area contributed by atoms with Crippen molar-refractivity contribution >= 4 is 11.8 Å². The fourth-order valence-electron chi connectivity index (χ4n) is 3.99. The molecule has 2 heterocycles. The maximum Gasteiger partial charge on any atom is 0.231 e. The van der Waals surface area contributed by atoms with E-state index >= 15 is 0 Å². The topological polar surface area (TPSA) is 60.9 Å². The molecule has 2 rings (SSSR count). The summed E-state index contributed by atoms with van der Waals surface area (Å²) in [6, 6.07) is -0.252. The third-order valence-electron chi connectivity index (χ3n) is 5.03. The molecule has 130 valence electrons. The van der Waals surface area contributed by atoms with Crippen molar-refractivity contribution in [3.05, 3.63) is 50.6 Å². The second-order valence-corrected chi connectivity index (χ2v) is 6.37. The Hall–Kier alpha value is -2.14. The van der Waals surface area contributed by atoms with E-state index in [0.717, 1.165) is 0 Å². The predicted molar refractivity (Wildman–Crippen MR) is 93.8 cm³/mol. The Morgan fingerprint density at radius 3 is 2.25 bits per heavy atom. The Morgan fingerprint density at radius 2 is 1.71 bits per heavy atom. The van der Waals surface area contributed by atoms with Gasteiger partial charge in [-0.05, 0) is 12.8 Å². The Kier molecular flexibility index (Phi) is 5.44. The molecule has 2 fully saturated rings. The van der Waals surface area contributed by atoms with E-state index < -0.39 is 11.6 Å². The Bertz CT molecular complexity index is 569. The van der Waals surface area contributed by atoms with Gasteiger partial charge in [0, 0.05) is 25.6 Å². The van der Waals surface area contributed by atoms with Gasteiger partial charge in [0.25, 0.3) is 0 Å². The van der Waals surface area contributed by atoms with Crippen LogP contribution in [0.15, 0.2) is 50.6 Å². The molecule has 0 saturated carbocycles. The van der Waals surface area contributed by atoms with Gasteiger partial charge in [-0.3, -0.25) is 9.59 Å². The average Bonchev–Trinajstić information content (AvgIpc) is 2.55. The van der Waals surface area contributed by atoms with Crippen molar-refractivity contribution in [1.82, 2.24) is 9.80 Å². The molecule has 2 amide bonds. The highest BCUT2D eigenvalue weighted by molar-refractivity contribution is 5.90. The molecular weight excluding hydrogens is 304 g/mol. The second-order valence-electron chi connectivity index (χ2n) is 6.37. The van der Waals surface area contributed by atoms with Gasteiger partial charge in [0.1, 0.15) is 0 Å². The van der Waals surface area contributed by atoms with Crippen molar-refractivity contribution in [2.45, 2.75) is 31.0 Å². The molecule has 5 heteroatoms. The summed E-state index contributed by atoms with van der Waals surface area (Å²) in [7, 11) is 0. The first-order valence-corrected chi connectivity index (χ1v) is 8.24. The fraction of sp³-hybridized carbons (Fsp3) is 0.474. The fourth-order valence-corrected chi connectivity index (χ4v) is 3.99. The number of fused-ring (bicyclic) bond motifs is 2. The number of aliphatic hydroxyl groups is 1. The molecule has 0 spiro atoms. The van der Waals surface area contributed by atoms with Gasteiger partial charge in [-0.15, -0.1) is 26.3 Å². The second kappa shape index (κ2) is 7.18. The number of nitrogens with zero attached hydrogens (tertiary/aromatic N) is 2. The molecule has 0 unspecified atom stereocenters. The molecule has 0 aromatic heterocycles. The van der Waals surface area contributed by atoms with E-state index in [1.807, 2.05) is 0 Å². The zero-order valence-corrected chi connectivity index (χ0v) is 14.1. The summed E-state index contributed by atoms with van der Waals surface area (Å²) in [6.07, 6.45) is 7.51. The highest BCUT2D eigenvalue weighted by Gasteiger charge is 2.59. The van der Waals surface area contributed by atoms with Crippen LogP contribution in [0.1, 0.15) is 19.3 Å². The van der Waals surface area contributed by atoms with E-state index in [1.165, 1.54) is 4.90 Å². The lowest BCUT2D eigenvalue weighted by atomic mass is 9.70. The zero-order chi connectivity index (χ0) is 17.9. The van der Waals surface area contributed by atoms with Crippen LogP contribution in [0, 0.1) is 11.8 Å². The Labute approximate surface area is 143 Å². The van der Waals surface area contributed by atoms with Crippen LogP contribution in [-0.2, 0) is 9.59 Å². The van der Waals surface area contributed by atoms with Gasteiger partial charge >= 0.3 is 0 Å². The third-order valence-corrected chi connectivity index (χ3v) is 5.03. The number of piperidine rings is 2. The zero-order valence-electron chi connectivity index (χ0n) is 14.1. The standard InChI is InChI=1S/C19H26N2O3/c1-5-9-16-14-13-15(18(23)20(16)11-7-3)19(24,10-6-2)21(12-8-4)17(14)22/h5-8,14-16,24H,1-4,9-13H2/t14-,15+,16+,19-/m1/s1. The van der Waals surface area contributed by atoms with Crippen molar-refractivity contribution in [3.63, 3.8) is 0 Å². The van der Waals surface area contributed by atoms with Crippen LogP contribution in [0.4, 0.5) is 0 Å². The lowest BCUT2D eigenvalue weighted by Crippen LogP contribution is -2.71. The minimum atomic E-state index is -1.56. The molecule has 0 aliphatic carbocycles. The summed E-state index contributed by atoms with van der Waals surface area (Å²) in [6.45, 7) is 15.4. The molecule has 24 heavy (non-hydrogen) atoms. The number of likely N-dealkylation sites (tertiary alicyclic amines) is 2. The molecule has 0 radical (unpaired) electrons. The molecule has 2 aliphatic heterocycles. The number of hydrogen-bond donors (Lipinski definition) is 1. The van der Waals surface area contributed by atoms with Crippen LogP contribution in [0.25, 0.3) is 0 Å². The maximum absolute atomic E-state index is 13.0. The van der Waals surface area contributed by atoms with Crippen LogP contribution in [0.2, 0.25) is 0 Å². The third kappa shape index (κ3) is 2.73. The van der Waals surface area contributed by atoms with E-state index in [2.05, 4.69) is 26.3 Å². The first-order valence-electron chi connectivity index (χ1n) is 8.24. The number of rotatable bonds is 8. The Morgan fingerprint density at radius 1 is 1.04 bits per heavy atom. The average molecular weight is 330 g/mol. The van der Waals surface area contributed by atoms with Crippen LogP contribution in [-0.4, -0.2) is 51.6 Å². The van der Waals surface area contributed by atoms with E-state index in [9.17, 15) is 14.7 Å². The SMILES string of the molecule is C=CC[C@H]1[C@H]2C[C@@H](C(=O)N1CC=C)[C@](O)(CC=C)N(CC=C)C2=O. The minimum absolute atomic E-state index is 0.143. The maximum atomic E-state index is 13.0. The normalized spacial score (nSPS) is 32.5. The quantitative estimate of drug-likeness (QED) is 0.691. The first-order chi connectivity index (χ1) is 11.5. The van der Waals surface area contributed by atoms with Crippen LogP contribution < -0.4 is 0 Å². The first kappa shape index (κ1) is 18.2. The number of carbonyl (C=O) groups is 2. The molecular formula is C19H26N2O3. The van der Waals surface area contributed by atoms with Gasteiger partial charge in [-0.25, -0.2) is 0 Å². The van der Waals surface area contributed by atoms with E-state index in [0.29, 0.717) is 19.4 Å². The van der Waals surface area contributed by atoms with Crippen molar-refractivity contribution in [1.29, 1.82) is 0 Å². The van der Waals surface area contributed by atoms with E-state index in [1.54, 1.807) is 29.2 Å². The van der Waals surface area contributed by atoms with Gasteiger partial charge in [-0.2, -0.15) is 0 Å². The van der Waals surface area contributed by atoms with Crippen molar-refractivity contribution in [3.8, 4) is 0 Å². The van der Waals surface area contributed by atoms with Crippen LogP contribution in [0.5, 0.6) is 0 Å². The monoisotopic (exact) mass is 330 g/mol. The van der Waals surface area contributed by atoms with Crippen molar-refractivity contribution < 1.29 is 14.7 Å². The summed E-state index contributed by atoms with van der Waals surface area (Å²) < 4.78 is 0. The smallest absolute Gasteiger partial charge is 0.231 e. The molecule has 2 bridgehead atoms. The van der Waals surface area contributed by atoms with Crippen molar-refractivity contribution in [2.75, 3.05) is 13.1 Å². The number of carbonyl (C=O) groups excluding carboxylic acids is 2. The van der Waals surface area contributed by atoms with Gasteiger partial charge in [0.05, 0.1) is 11.8 Å². The molecule has 4 atom stereocenters. The molecule has 5 nitrogen and oxygen atoms in total. The lowest BCUT2D eigenvalue weighted by Gasteiger charge is -2.56. The highest BCUT2D eigenvalue weighted by Crippen LogP contribution is 2.45. The van der Waals surface area contributed by atoms with Gasteiger partial charge in [0.15, 0.2) is 5.72 Å². The van der Waals surface area contributed by atoms with Gasteiger partial charge in [0.2, 0.25) is 11.8 Å². The summed E-state index contributed by atoms with van der Waals surface area (Å²) in [5, 5.41) is 11.2. The molecule has 2 saturated heterocycles. The number of amides is 2. The van der Waals surface area contributed by atoms with Crippen molar-refractivity contribution in [2.24, 2.45) is 11.8 Å². The summed E-state index contributed by atoms with van der Waals surface area (Å²) in [5.74, 6) is -1.32. The summed E-state index contributed by atoms with van der Waals surface area (Å²) >= 11 is 0. The van der Waals surface area contributed by atoms with Gasteiger partial charge < -0.3 is 14.9 Å². The van der Waals surface area contributed by atoms with E-state index in [-0.39, 0.29) is 36.7 Å². The van der Waals surface area contributed by atoms with Crippen LogP contribution in [0.3, 0.4) is 0 Å². The molecule has 0 aromatic rings. The molecule has 2 aliphatic rings. The lowest BCUT2D eigenvalue weighted by molar-refractivity contribution is -0.211. The van der Waals surface area contributed by atoms with Gasteiger partial charge in [-0.1, -0.05) is 24.3 Å². The molecule has 0 aromatic carbocycles.